The highest BCUT2D eigenvalue weighted by atomic mass is 19.1. The Hall–Kier alpha value is -3.88. The molecule has 1 atom stereocenters. The molecule has 2 saturated heterocycles. The quantitative estimate of drug-likeness (QED) is 0.339. The van der Waals surface area contributed by atoms with Crippen LogP contribution in [0.15, 0.2) is 30.7 Å². The predicted molar refractivity (Wildman–Crippen MR) is 143 cm³/mol. The van der Waals surface area contributed by atoms with Crippen LogP contribution in [0.4, 0.5) is 4.39 Å². The van der Waals surface area contributed by atoms with Gasteiger partial charge >= 0.3 is 0 Å². The van der Waals surface area contributed by atoms with Crippen molar-refractivity contribution in [1.29, 1.82) is 5.26 Å². The van der Waals surface area contributed by atoms with Gasteiger partial charge in [0.25, 0.3) is 0 Å². The van der Waals surface area contributed by atoms with Gasteiger partial charge in [0.15, 0.2) is 0 Å². The largest absolute Gasteiger partial charge is 0.482 e. The molecule has 2 aliphatic heterocycles. The van der Waals surface area contributed by atoms with Crippen LogP contribution in [-0.2, 0) is 4.74 Å². The van der Waals surface area contributed by atoms with Crippen molar-refractivity contribution in [2.24, 2.45) is 0 Å². The number of likely N-dealkylation sites (tertiary alicyclic amines) is 1. The Labute approximate surface area is 231 Å². The van der Waals surface area contributed by atoms with Gasteiger partial charge in [0.05, 0.1) is 49.1 Å². The summed E-state index contributed by atoms with van der Waals surface area (Å²) in [6.45, 7) is 7.65. The molecule has 0 amide bonds. The highest BCUT2D eigenvalue weighted by molar-refractivity contribution is 5.74. The van der Waals surface area contributed by atoms with E-state index in [9.17, 15) is 9.65 Å². The Kier molecular flexibility index (Phi) is 6.24. The molecule has 1 unspecified atom stereocenters. The second kappa shape index (κ2) is 9.94. The standard InChI is InChI=1S/C29H31FN8O2/c1-17-28(34-35-38(17)22-5-7-36(8-6-22)23-15-39-16-23)20-9-27(29-21(11-31)12-33-37(29)14-20)40-18(2)26-10-24(19-3-4-19)25(30)13-32-26/h9-10,12-14,18-19,22-23H,3-8,15-16H2,1-2H3. The smallest absolute Gasteiger partial charge is 0.148 e. The molecule has 3 aliphatic rings. The molecule has 6 heterocycles. The molecule has 4 aromatic rings. The van der Waals surface area contributed by atoms with Gasteiger partial charge < -0.3 is 9.47 Å². The van der Waals surface area contributed by atoms with Crippen molar-refractivity contribution in [2.45, 2.75) is 63.6 Å². The van der Waals surface area contributed by atoms with E-state index in [0.29, 0.717) is 34.1 Å². The lowest BCUT2D eigenvalue weighted by Crippen LogP contribution is -2.52. The number of piperidine rings is 1. The second-order valence-electron chi connectivity index (χ2n) is 11.1. The number of ether oxygens (including phenoxy) is 2. The molecule has 7 rings (SSSR count). The second-order valence-corrected chi connectivity index (χ2v) is 11.1. The predicted octanol–water partition coefficient (Wildman–Crippen LogP) is 4.36. The molecule has 40 heavy (non-hydrogen) atoms. The molecule has 10 nitrogen and oxygen atoms in total. The Balaban J connectivity index is 1.19. The zero-order chi connectivity index (χ0) is 27.4. The van der Waals surface area contributed by atoms with Gasteiger partial charge in [-0.05, 0) is 63.1 Å². The summed E-state index contributed by atoms with van der Waals surface area (Å²) in [6, 6.07) is 6.75. The summed E-state index contributed by atoms with van der Waals surface area (Å²) in [5, 5.41) is 23.3. The first-order valence-electron chi connectivity index (χ1n) is 14.0. The third kappa shape index (κ3) is 4.41. The number of pyridine rings is 2. The van der Waals surface area contributed by atoms with Crippen molar-refractivity contribution in [1.82, 2.24) is 34.5 Å². The van der Waals surface area contributed by atoms with Gasteiger partial charge in [-0.25, -0.2) is 13.6 Å². The molecule has 4 aromatic heterocycles. The average molecular weight is 543 g/mol. The van der Waals surface area contributed by atoms with Crippen molar-refractivity contribution in [3.05, 3.63) is 59.1 Å². The van der Waals surface area contributed by atoms with Crippen molar-refractivity contribution in [3.63, 3.8) is 0 Å². The summed E-state index contributed by atoms with van der Waals surface area (Å²) in [5.74, 6) is 0.476. The maximum Gasteiger partial charge on any atom is 0.148 e. The summed E-state index contributed by atoms with van der Waals surface area (Å²) < 4.78 is 29.8. The van der Waals surface area contributed by atoms with Crippen LogP contribution in [0.1, 0.15) is 73.2 Å². The van der Waals surface area contributed by atoms with Crippen LogP contribution in [0.5, 0.6) is 5.75 Å². The molecule has 11 heteroatoms. The van der Waals surface area contributed by atoms with Gasteiger partial charge in [-0.3, -0.25) is 9.88 Å². The Bertz CT molecular complexity index is 1610. The highest BCUT2D eigenvalue weighted by Crippen LogP contribution is 2.42. The Morgan fingerprint density at radius 1 is 1.12 bits per heavy atom. The molecule has 3 fully saturated rings. The molecule has 0 bridgehead atoms. The van der Waals surface area contributed by atoms with Gasteiger partial charge in [0, 0.05) is 24.8 Å². The van der Waals surface area contributed by atoms with Crippen molar-refractivity contribution < 1.29 is 13.9 Å². The van der Waals surface area contributed by atoms with E-state index >= 15 is 0 Å². The fraction of sp³-hybridized carbons (Fsp3) is 0.483. The average Bonchev–Trinajstić information content (AvgIpc) is 3.57. The van der Waals surface area contributed by atoms with Crippen LogP contribution in [-0.4, -0.2) is 66.8 Å². The fourth-order valence-electron chi connectivity index (χ4n) is 5.92. The molecule has 0 spiro atoms. The number of nitriles is 1. The zero-order valence-electron chi connectivity index (χ0n) is 22.6. The molecule has 0 aromatic carbocycles. The Morgan fingerprint density at radius 2 is 1.93 bits per heavy atom. The first-order chi connectivity index (χ1) is 19.5. The molecule has 0 radical (unpaired) electrons. The molecule has 0 N–H and O–H groups in total. The number of rotatable bonds is 7. The van der Waals surface area contributed by atoms with E-state index in [1.54, 1.807) is 10.6 Å². The lowest BCUT2D eigenvalue weighted by Gasteiger charge is -2.41. The zero-order valence-corrected chi connectivity index (χ0v) is 22.6. The maximum atomic E-state index is 14.3. The Morgan fingerprint density at radius 3 is 2.62 bits per heavy atom. The SMILES string of the molecule is Cc1c(-c2cc(OC(C)c3cc(C4CC4)c(F)cn3)c3c(C#N)cnn3c2)nnn1C1CCN(C2COC2)CC1. The van der Waals surface area contributed by atoms with Crippen LogP contribution in [0.25, 0.3) is 16.8 Å². The third-order valence-corrected chi connectivity index (χ3v) is 8.52. The normalized spacial score (nSPS) is 19.4. The van der Waals surface area contributed by atoms with Crippen LogP contribution in [0.2, 0.25) is 0 Å². The van der Waals surface area contributed by atoms with Crippen molar-refractivity contribution in [2.75, 3.05) is 26.3 Å². The van der Waals surface area contributed by atoms with Gasteiger partial charge in [0.1, 0.15) is 40.5 Å². The van der Waals surface area contributed by atoms with Crippen LogP contribution in [0.3, 0.4) is 0 Å². The molecular formula is C29H31FN8O2. The van der Waals surface area contributed by atoms with E-state index in [1.165, 1.54) is 12.4 Å². The maximum absolute atomic E-state index is 14.3. The summed E-state index contributed by atoms with van der Waals surface area (Å²) in [7, 11) is 0. The summed E-state index contributed by atoms with van der Waals surface area (Å²) in [5.41, 5.74) is 4.83. The molecular weight excluding hydrogens is 511 g/mol. The monoisotopic (exact) mass is 542 g/mol. The summed E-state index contributed by atoms with van der Waals surface area (Å²) in [6.07, 6.45) is 8.22. The van der Waals surface area contributed by atoms with E-state index in [2.05, 4.69) is 31.4 Å². The minimum absolute atomic E-state index is 0.258. The van der Waals surface area contributed by atoms with E-state index in [-0.39, 0.29) is 17.8 Å². The van der Waals surface area contributed by atoms with Gasteiger partial charge in [-0.2, -0.15) is 10.4 Å². The van der Waals surface area contributed by atoms with Gasteiger partial charge in [-0.1, -0.05) is 5.21 Å². The summed E-state index contributed by atoms with van der Waals surface area (Å²) >= 11 is 0. The number of aromatic nitrogens is 6. The van der Waals surface area contributed by atoms with E-state index < -0.39 is 6.10 Å². The fourth-order valence-corrected chi connectivity index (χ4v) is 5.92. The van der Waals surface area contributed by atoms with Crippen LogP contribution < -0.4 is 4.74 Å². The first kappa shape index (κ1) is 25.1. The molecule has 206 valence electrons. The van der Waals surface area contributed by atoms with Crippen LogP contribution >= 0.6 is 0 Å². The topological polar surface area (TPSA) is 106 Å². The minimum atomic E-state index is -0.471. The number of halogens is 1. The van der Waals surface area contributed by atoms with Crippen molar-refractivity contribution in [3.8, 4) is 23.1 Å². The molecule has 1 aliphatic carbocycles. The lowest BCUT2D eigenvalue weighted by atomic mass is 10.0. The number of fused-ring (bicyclic) bond motifs is 1. The number of hydrogen-bond acceptors (Lipinski definition) is 8. The first-order valence-corrected chi connectivity index (χ1v) is 14.0. The molecule has 1 saturated carbocycles. The third-order valence-electron chi connectivity index (χ3n) is 8.52. The van der Waals surface area contributed by atoms with E-state index in [4.69, 9.17) is 9.47 Å². The van der Waals surface area contributed by atoms with E-state index in [1.807, 2.05) is 30.8 Å². The lowest BCUT2D eigenvalue weighted by molar-refractivity contribution is -0.0735. The number of nitrogens with zero attached hydrogens (tertiary/aromatic N) is 8. The van der Waals surface area contributed by atoms with Crippen molar-refractivity contribution >= 4 is 5.52 Å². The number of hydrogen-bond donors (Lipinski definition) is 0. The van der Waals surface area contributed by atoms with Crippen LogP contribution in [0, 0.1) is 24.1 Å². The minimum Gasteiger partial charge on any atom is -0.482 e. The van der Waals surface area contributed by atoms with Gasteiger partial charge in [0.2, 0.25) is 0 Å². The summed E-state index contributed by atoms with van der Waals surface area (Å²) in [4.78, 5) is 6.82. The van der Waals surface area contributed by atoms with Gasteiger partial charge in [-0.15, -0.1) is 5.10 Å². The van der Waals surface area contributed by atoms with E-state index in [0.717, 1.165) is 68.9 Å². The highest BCUT2D eigenvalue weighted by Gasteiger charge is 2.32.